The summed E-state index contributed by atoms with van der Waals surface area (Å²) in [5.74, 6) is -0.989. The predicted octanol–water partition coefficient (Wildman–Crippen LogP) is 2.68. The molecule has 31 heavy (non-hydrogen) atoms. The fraction of sp³-hybridized carbons (Fsp3) is 0.450. The summed E-state index contributed by atoms with van der Waals surface area (Å²) in [6, 6.07) is 8.25. The molecule has 0 saturated heterocycles. The summed E-state index contributed by atoms with van der Waals surface area (Å²) in [5, 5.41) is 10.1. The van der Waals surface area contributed by atoms with E-state index in [2.05, 4.69) is 27.3 Å². The Labute approximate surface area is 177 Å². The second kappa shape index (κ2) is 10.3. The third-order valence-corrected chi connectivity index (χ3v) is 4.40. The summed E-state index contributed by atoms with van der Waals surface area (Å²) in [6.07, 6.45) is -3.40. The maximum Gasteiger partial charge on any atom is 0.490 e. The largest absolute Gasteiger partial charge is 0.497 e. The van der Waals surface area contributed by atoms with E-state index in [4.69, 9.17) is 14.6 Å². The topological polar surface area (TPSA) is 96.7 Å². The summed E-state index contributed by atoms with van der Waals surface area (Å²) >= 11 is 0. The fourth-order valence-electron chi connectivity index (χ4n) is 2.95. The van der Waals surface area contributed by atoms with Gasteiger partial charge in [0.2, 0.25) is 0 Å². The molecule has 2 N–H and O–H groups in total. The number of ether oxygens (including phenoxy) is 1. The number of alkyl halides is 3. The molecule has 0 bridgehead atoms. The molecule has 0 fully saturated rings. The van der Waals surface area contributed by atoms with E-state index in [0.717, 1.165) is 37.8 Å². The number of rotatable bonds is 5. The predicted molar refractivity (Wildman–Crippen MR) is 106 cm³/mol. The van der Waals surface area contributed by atoms with E-state index in [9.17, 15) is 18.0 Å². The Morgan fingerprint density at radius 3 is 2.35 bits per heavy atom. The van der Waals surface area contributed by atoms with Crippen LogP contribution in [0, 0.1) is 0 Å². The zero-order valence-electron chi connectivity index (χ0n) is 17.4. The van der Waals surface area contributed by atoms with Crippen molar-refractivity contribution < 1.29 is 32.6 Å². The molecule has 1 aromatic heterocycles. The van der Waals surface area contributed by atoms with Gasteiger partial charge in [0.25, 0.3) is 5.91 Å². The minimum Gasteiger partial charge on any atom is -0.497 e. The number of nitrogens with zero attached hydrogens (tertiary/aromatic N) is 3. The number of imidazole rings is 1. The molecule has 0 atom stereocenters. The first-order valence-corrected chi connectivity index (χ1v) is 9.52. The van der Waals surface area contributed by atoms with Gasteiger partial charge in [-0.1, -0.05) is 12.1 Å². The number of fused-ring (bicyclic) bond motifs is 1. The monoisotopic (exact) mass is 442 g/mol. The van der Waals surface area contributed by atoms with Gasteiger partial charge in [-0.25, -0.2) is 9.78 Å². The van der Waals surface area contributed by atoms with Crippen LogP contribution in [0.25, 0.3) is 0 Å². The van der Waals surface area contributed by atoms with E-state index >= 15 is 0 Å². The van der Waals surface area contributed by atoms with Crippen molar-refractivity contribution in [2.24, 2.45) is 0 Å². The Balaban J connectivity index is 0.000000423. The van der Waals surface area contributed by atoms with E-state index in [0.29, 0.717) is 5.69 Å². The van der Waals surface area contributed by atoms with Gasteiger partial charge in [0, 0.05) is 25.7 Å². The molecule has 0 spiro atoms. The quantitative estimate of drug-likeness (QED) is 0.739. The van der Waals surface area contributed by atoms with Gasteiger partial charge in [-0.2, -0.15) is 13.2 Å². The minimum atomic E-state index is -5.08. The Morgan fingerprint density at radius 2 is 1.84 bits per heavy atom. The normalized spacial score (nSPS) is 13.8. The van der Waals surface area contributed by atoms with Crippen LogP contribution >= 0.6 is 0 Å². The molecule has 2 aromatic rings. The van der Waals surface area contributed by atoms with Crippen LogP contribution in [0.5, 0.6) is 5.75 Å². The highest BCUT2D eigenvalue weighted by molar-refractivity contribution is 5.92. The van der Waals surface area contributed by atoms with E-state index < -0.39 is 12.1 Å². The third kappa shape index (κ3) is 6.99. The maximum absolute atomic E-state index is 12.2. The van der Waals surface area contributed by atoms with Crippen molar-refractivity contribution in [1.82, 2.24) is 19.8 Å². The average molecular weight is 442 g/mol. The van der Waals surface area contributed by atoms with E-state index in [1.165, 1.54) is 5.56 Å². The number of halogens is 3. The van der Waals surface area contributed by atoms with Gasteiger partial charge >= 0.3 is 12.1 Å². The SMILES string of the molecule is COc1ccc(CN2CCn3c(C(=O)NC(C)C)cnc3C2)cc1.O=C(O)C(F)(F)F. The molecule has 0 aliphatic carbocycles. The summed E-state index contributed by atoms with van der Waals surface area (Å²) in [6.45, 7) is 7.22. The first kappa shape index (κ1) is 24.2. The van der Waals surface area contributed by atoms with Crippen LogP contribution in [-0.2, 0) is 24.4 Å². The highest BCUT2D eigenvalue weighted by Crippen LogP contribution is 2.18. The van der Waals surface area contributed by atoms with Crippen LogP contribution in [-0.4, -0.2) is 57.3 Å². The lowest BCUT2D eigenvalue weighted by Gasteiger charge is -2.28. The first-order valence-electron chi connectivity index (χ1n) is 9.52. The summed E-state index contributed by atoms with van der Waals surface area (Å²) in [4.78, 5) is 27.9. The zero-order valence-corrected chi connectivity index (χ0v) is 17.4. The van der Waals surface area contributed by atoms with Gasteiger partial charge in [-0.15, -0.1) is 0 Å². The van der Waals surface area contributed by atoms with Gasteiger partial charge in [0.15, 0.2) is 0 Å². The molecule has 1 aromatic carbocycles. The molecular weight excluding hydrogens is 417 g/mol. The number of methoxy groups -OCH3 is 1. The summed E-state index contributed by atoms with van der Waals surface area (Å²) in [5.41, 5.74) is 1.90. The molecule has 8 nitrogen and oxygen atoms in total. The molecule has 1 aliphatic rings. The fourth-order valence-corrected chi connectivity index (χ4v) is 2.95. The van der Waals surface area contributed by atoms with Crippen LogP contribution < -0.4 is 10.1 Å². The lowest BCUT2D eigenvalue weighted by molar-refractivity contribution is -0.192. The lowest BCUT2D eigenvalue weighted by atomic mass is 10.2. The van der Waals surface area contributed by atoms with Gasteiger partial charge in [-0.05, 0) is 31.5 Å². The van der Waals surface area contributed by atoms with Crippen LogP contribution in [0.1, 0.15) is 35.7 Å². The number of hydrogen-bond acceptors (Lipinski definition) is 5. The molecule has 0 saturated carbocycles. The number of carboxylic acid groups (broad SMARTS) is 1. The second-order valence-corrected chi connectivity index (χ2v) is 7.20. The highest BCUT2D eigenvalue weighted by Gasteiger charge is 2.38. The highest BCUT2D eigenvalue weighted by atomic mass is 19.4. The average Bonchev–Trinajstić information content (AvgIpc) is 3.11. The van der Waals surface area contributed by atoms with Crippen molar-refractivity contribution in [1.29, 1.82) is 0 Å². The van der Waals surface area contributed by atoms with Crippen molar-refractivity contribution in [3.63, 3.8) is 0 Å². The van der Waals surface area contributed by atoms with Gasteiger partial charge in [-0.3, -0.25) is 9.69 Å². The van der Waals surface area contributed by atoms with E-state index in [-0.39, 0.29) is 11.9 Å². The molecule has 1 amide bonds. The zero-order chi connectivity index (χ0) is 23.2. The van der Waals surface area contributed by atoms with Crippen molar-refractivity contribution in [3.8, 4) is 5.75 Å². The number of amides is 1. The third-order valence-electron chi connectivity index (χ3n) is 4.40. The smallest absolute Gasteiger partial charge is 0.490 e. The van der Waals surface area contributed by atoms with Crippen LogP contribution in [0.3, 0.4) is 0 Å². The molecule has 2 heterocycles. The summed E-state index contributed by atoms with van der Waals surface area (Å²) in [7, 11) is 1.67. The Bertz CT molecular complexity index is 895. The van der Waals surface area contributed by atoms with Gasteiger partial charge < -0.3 is 19.7 Å². The van der Waals surface area contributed by atoms with Crippen LogP contribution in [0.15, 0.2) is 30.5 Å². The van der Waals surface area contributed by atoms with Crippen molar-refractivity contribution in [3.05, 3.63) is 47.5 Å². The van der Waals surface area contributed by atoms with Crippen molar-refractivity contribution in [2.75, 3.05) is 13.7 Å². The Morgan fingerprint density at radius 1 is 1.23 bits per heavy atom. The number of carbonyl (C=O) groups is 2. The van der Waals surface area contributed by atoms with E-state index in [1.54, 1.807) is 13.3 Å². The van der Waals surface area contributed by atoms with Crippen molar-refractivity contribution in [2.45, 2.75) is 45.7 Å². The number of carbonyl (C=O) groups excluding carboxylic acids is 1. The molecule has 170 valence electrons. The van der Waals surface area contributed by atoms with Gasteiger partial charge in [0.05, 0.1) is 19.9 Å². The number of hydrogen-bond donors (Lipinski definition) is 2. The second-order valence-electron chi connectivity index (χ2n) is 7.20. The number of nitrogens with one attached hydrogen (secondary N) is 1. The standard InChI is InChI=1S/C18H24N4O2.C2HF3O2/c1-13(2)20-18(23)16-10-19-17-12-21(8-9-22(16)17)11-14-4-6-15(24-3)7-5-14;3-2(4,5)1(6)7/h4-7,10,13H,8-9,11-12H2,1-3H3,(H,20,23);(H,6,7). The summed E-state index contributed by atoms with van der Waals surface area (Å²) < 4.78 is 39.0. The number of aromatic nitrogens is 2. The van der Waals surface area contributed by atoms with Crippen molar-refractivity contribution >= 4 is 11.9 Å². The maximum atomic E-state index is 12.2. The minimum absolute atomic E-state index is 0.0487. The van der Waals surface area contributed by atoms with Crippen LogP contribution in [0.4, 0.5) is 13.2 Å². The Kier molecular flexibility index (Phi) is 8.03. The number of benzene rings is 1. The molecule has 3 rings (SSSR count). The van der Waals surface area contributed by atoms with Crippen LogP contribution in [0.2, 0.25) is 0 Å². The molecule has 0 radical (unpaired) electrons. The number of carboxylic acids is 1. The Hall–Kier alpha value is -3.08. The molecule has 1 aliphatic heterocycles. The molecule has 11 heteroatoms. The first-order chi connectivity index (χ1) is 14.5. The van der Waals surface area contributed by atoms with Gasteiger partial charge in [0.1, 0.15) is 17.3 Å². The molecular formula is C20H25F3N4O4. The van der Waals surface area contributed by atoms with E-state index in [1.807, 2.05) is 30.5 Å². The number of aliphatic carboxylic acids is 1. The lowest BCUT2D eigenvalue weighted by Crippen LogP contribution is -2.37. The molecule has 0 unspecified atom stereocenters.